The molecule has 1 N–H and O–H groups in total. The van der Waals surface area contributed by atoms with Crippen LogP contribution >= 0.6 is 0 Å². The number of nitrogens with one attached hydrogen (secondary N) is 1. The number of imidazole rings is 1. The second-order valence-electron chi connectivity index (χ2n) is 8.90. The van der Waals surface area contributed by atoms with Crippen molar-refractivity contribution in [3.05, 3.63) is 46.4 Å². The number of amides is 3. The first-order valence-electron chi connectivity index (χ1n) is 10.3. The van der Waals surface area contributed by atoms with Gasteiger partial charge in [0.2, 0.25) is 11.8 Å². The Morgan fingerprint density at radius 1 is 1.19 bits per heavy atom. The number of piperidine rings is 1. The van der Waals surface area contributed by atoms with Crippen molar-refractivity contribution in [3.8, 4) is 0 Å². The number of carbonyl (C=O) groups excluding carboxylic acids is 3. The molecule has 4 rings (SSSR count). The van der Waals surface area contributed by atoms with Crippen LogP contribution in [-0.4, -0.2) is 44.1 Å². The number of aryl methyl sites for hydroxylation is 1. The molecule has 9 nitrogen and oxygen atoms in total. The third-order valence-corrected chi connectivity index (χ3v) is 5.56. The minimum Gasteiger partial charge on any atom is -0.444 e. The third-order valence-electron chi connectivity index (χ3n) is 5.56. The van der Waals surface area contributed by atoms with Crippen LogP contribution in [0.5, 0.6) is 0 Å². The monoisotopic (exact) mass is 426 g/mol. The molecule has 2 aromatic rings. The SMILES string of the molecule is Cn1c(=O)n(C2CCC(=O)NC2=O)c2cccc(C3C=CCN3C(=O)OC(C)(C)C)c21. The molecule has 0 aliphatic carbocycles. The van der Waals surface area contributed by atoms with E-state index in [0.717, 1.165) is 5.56 Å². The zero-order valence-electron chi connectivity index (χ0n) is 18.0. The van der Waals surface area contributed by atoms with Crippen LogP contribution in [0.3, 0.4) is 0 Å². The van der Waals surface area contributed by atoms with Crippen LogP contribution < -0.4 is 11.0 Å². The number of carbonyl (C=O) groups is 3. The normalized spacial score (nSPS) is 21.6. The Kier molecular flexibility index (Phi) is 4.99. The molecule has 2 aliphatic rings. The van der Waals surface area contributed by atoms with Crippen LogP contribution in [-0.2, 0) is 21.4 Å². The maximum Gasteiger partial charge on any atom is 0.411 e. The van der Waals surface area contributed by atoms with Gasteiger partial charge in [-0.1, -0.05) is 24.3 Å². The van der Waals surface area contributed by atoms with Crippen molar-refractivity contribution in [2.45, 2.75) is 51.3 Å². The number of rotatable bonds is 2. The largest absolute Gasteiger partial charge is 0.444 e. The van der Waals surface area contributed by atoms with E-state index in [1.54, 1.807) is 24.1 Å². The summed E-state index contributed by atoms with van der Waals surface area (Å²) in [5.74, 6) is -0.813. The van der Waals surface area contributed by atoms with E-state index < -0.39 is 29.7 Å². The van der Waals surface area contributed by atoms with Crippen LogP contribution in [0.25, 0.3) is 11.0 Å². The lowest BCUT2D eigenvalue weighted by atomic mass is 10.0. The molecule has 1 aromatic carbocycles. The number of fused-ring (bicyclic) bond motifs is 1. The number of nitrogens with zero attached hydrogens (tertiary/aromatic N) is 3. The molecule has 0 radical (unpaired) electrons. The lowest BCUT2D eigenvalue weighted by molar-refractivity contribution is -0.135. The van der Waals surface area contributed by atoms with Gasteiger partial charge in [0.15, 0.2) is 0 Å². The lowest BCUT2D eigenvalue weighted by Crippen LogP contribution is -2.44. The van der Waals surface area contributed by atoms with E-state index >= 15 is 0 Å². The van der Waals surface area contributed by atoms with Crippen molar-refractivity contribution < 1.29 is 19.1 Å². The van der Waals surface area contributed by atoms with Crippen molar-refractivity contribution >= 4 is 28.9 Å². The van der Waals surface area contributed by atoms with Gasteiger partial charge in [0.25, 0.3) is 0 Å². The summed E-state index contributed by atoms with van der Waals surface area (Å²) in [5.41, 5.74) is 1.02. The zero-order valence-corrected chi connectivity index (χ0v) is 18.0. The molecule has 1 fully saturated rings. The number of imide groups is 1. The van der Waals surface area contributed by atoms with E-state index in [1.807, 2.05) is 39.0 Å². The Balaban J connectivity index is 1.80. The second kappa shape index (κ2) is 7.40. The van der Waals surface area contributed by atoms with Gasteiger partial charge < -0.3 is 4.74 Å². The molecule has 3 heterocycles. The smallest absolute Gasteiger partial charge is 0.411 e. The molecule has 2 aliphatic heterocycles. The number of ether oxygens (including phenoxy) is 1. The van der Waals surface area contributed by atoms with Crippen molar-refractivity contribution in [2.24, 2.45) is 7.05 Å². The predicted molar refractivity (Wildman–Crippen MR) is 113 cm³/mol. The molecule has 3 amide bonds. The highest BCUT2D eigenvalue weighted by atomic mass is 16.6. The summed E-state index contributed by atoms with van der Waals surface area (Å²) in [4.78, 5) is 51.5. The first kappa shape index (κ1) is 20.9. The third kappa shape index (κ3) is 3.64. The van der Waals surface area contributed by atoms with E-state index in [4.69, 9.17) is 4.74 Å². The fraction of sp³-hybridized carbons (Fsp3) is 0.455. The van der Waals surface area contributed by atoms with Crippen LogP contribution in [0.4, 0.5) is 4.79 Å². The van der Waals surface area contributed by atoms with Gasteiger partial charge >= 0.3 is 11.8 Å². The number of para-hydroxylation sites is 1. The molecular formula is C22H26N4O5. The maximum absolute atomic E-state index is 13.1. The van der Waals surface area contributed by atoms with Gasteiger partial charge in [0.1, 0.15) is 11.6 Å². The van der Waals surface area contributed by atoms with E-state index in [0.29, 0.717) is 17.6 Å². The van der Waals surface area contributed by atoms with Gasteiger partial charge in [-0.25, -0.2) is 9.59 Å². The molecule has 2 unspecified atom stereocenters. The Morgan fingerprint density at radius 3 is 2.61 bits per heavy atom. The standard InChI is InChI=1S/C22H26N4O5/c1-22(2,3)31-21(30)25-12-6-9-14(25)13-7-5-8-15-18(13)24(4)20(29)26(15)16-10-11-17(27)23-19(16)28/h5-9,14,16H,10-12H2,1-4H3,(H,23,27,28). The Morgan fingerprint density at radius 2 is 1.94 bits per heavy atom. The number of benzene rings is 1. The van der Waals surface area contributed by atoms with Gasteiger partial charge in [0.05, 0.1) is 17.1 Å². The number of aromatic nitrogens is 2. The molecule has 164 valence electrons. The molecule has 1 aromatic heterocycles. The second-order valence-corrected chi connectivity index (χ2v) is 8.90. The zero-order chi connectivity index (χ0) is 22.5. The van der Waals surface area contributed by atoms with Crippen molar-refractivity contribution in [1.82, 2.24) is 19.4 Å². The van der Waals surface area contributed by atoms with Gasteiger partial charge in [0, 0.05) is 25.6 Å². The summed E-state index contributed by atoms with van der Waals surface area (Å²) in [6.45, 7) is 5.84. The summed E-state index contributed by atoms with van der Waals surface area (Å²) in [6.07, 6.45) is 3.81. The van der Waals surface area contributed by atoms with E-state index in [2.05, 4.69) is 5.32 Å². The molecule has 2 atom stereocenters. The summed E-state index contributed by atoms with van der Waals surface area (Å²) in [6, 6.07) is 4.29. The maximum atomic E-state index is 13.1. The minimum atomic E-state index is -0.759. The van der Waals surface area contributed by atoms with Crippen LogP contribution in [0.1, 0.15) is 51.3 Å². The van der Waals surface area contributed by atoms with Crippen molar-refractivity contribution in [3.63, 3.8) is 0 Å². The molecule has 31 heavy (non-hydrogen) atoms. The molecule has 0 spiro atoms. The first-order valence-corrected chi connectivity index (χ1v) is 10.3. The van der Waals surface area contributed by atoms with E-state index in [-0.39, 0.29) is 24.4 Å². The topological polar surface area (TPSA) is 103 Å². The van der Waals surface area contributed by atoms with Crippen molar-refractivity contribution in [1.29, 1.82) is 0 Å². The Bertz CT molecular complexity index is 1170. The first-order chi connectivity index (χ1) is 14.6. The highest BCUT2D eigenvalue weighted by Crippen LogP contribution is 2.34. The highest BCUT2D eigenvalue weighted by molar-refractivity contribution is 6.00. The average molecular weight is 426 g/mol. The van der Waals surface area contributed by atoms with E-state index in [9.17, 15) is 19.2 Å². The molecule has 0 saturated carbocycles. The van der Waals surface area contributed by atoms with Gasteiger partial charge in [-0.15, -0.1) is 0 Å². The minimum absolute atomic E-state index is 0.177. The number of hydrogen-bond acceptors (Lipinski definition) is 5. The highest BCUT2D eigenvalue weighted by Gasteiger charge is 2.35. The summed E-state index contributed by atoms with van der Waals surface area (Å²) < 4.78 is 8.49. The van der Waals surface area contributed by atoms with Gasteiger partial charge in [-0.05, 0) is 33.3 Å². The summed E-state index contributed by atoms with van der Waals surface area (Å²) in [7, 11) is 1.65. The summed E-state index contributed by atoms with van der Waals surface area (Å²) in [5, 5.41) is 2.31. The average Bonchev–Trinajstić information content (AvgIpc) is 3.26. The quantitative estimate of drug-likeness (QED) is 0.586. The molecular weight excluding hydrogens is 400 g/mol. The molecule has 0 bridgehead atoms. The number of hydrogen-bond donors (Lipinski definition) is 1. The summed E-state index contributed by atoms with van der Waals surface area (Å²) >= 11 is 0. The Labute approximate surface area is 179 Å². The predicted octanol–water partition coefficient (Wildman–Crippen LogP) is 2.17. The van der Waals surface area contributed by atoms with E-state index in [1.165, 1.54) is 9.13 Å². The lowest BCUT2D eigenvalue weighted by Gasteiger charge is -2.29. The van der Waals surface area contributed by atoms with Gasteiger partial charge in [-0.3, -0.25) is 28.9 Å². The Hall–Kier alpha value is -3.36. The van der Waals surface area contributed by atoms with Crippen LogP contribution in [0, 0.1) is 0 Å². The fourth-order valence-corrected chi connectivity index (χ4v) is 4.24. The van der Waals surface area contributed by atoms with Crippen LogP contribution in [0.2, 0.25) is 0 Å². The molecule has 9 heteroatoms. The molecule has 1 saturated heterocycles. The van der Waals surface area contributed by atoms with Crippen LogP contribution in [0.15, 0.2) is 35.1 Å². The van der Waals surface area contributed by atoms with Gasteiger partial charge in [-0.2, -0.15) is 0 Å². The fourth-order valence-electron chi connectivity index (χ4n) is 4.24. The van der Waals surface area contributed by atoms with Crippen molar-refractivity contribution in [2.75, 3.05) is 6.54 Å².